The zero-order chi connectivity index (χ0) is 6.28. The van der Waals surface area contributed by atoms with Crippen LogP contribution in [0, 0.1) is 0 Å². The standard InChI is InChI=1S/CH4N2O.2ClH.Cu/c2-1(3)4;;;/h(H4,2,3,4);2*1H;/q;;;+2/p-2. The van der Waals surface area contributed by atoms with Crippen molar-refractivity contribution in [3.63, 3.8) is 0 Å². The van der Waals surface area contributed by atoms with E-state index in [1.54, 1.807) is 0 Å². The normalized spacial score (nSPS) is 6.57. The summed E-state index contributed by atoms with van der Waals surface area (Å²) < 4.78 is 0. The molecule has 0 bridgehead atoms. The number of primary amides is 2. The molecule has 4 N–H and O–H groups in total. The summed E-state index contributed by atoms with van der Waals surface area (Å²) in [4.78, 5) is 9.00. The number of carbonyl (C=O) groups is 1. The number of hydrogen-bond donors (Lipinski definition) is 2. The number of amides is 2. The molecule has 0 unspecified atom stereocenters. The molecule has 3 nitrogen and oxygen atoms in total. The van der Waals surface area contributed by atoms with Gasteiger partial charge in [0.25, 0.3) is 0 Å². The van der Waals surface area contributed by atoms with Gasteiger partial charge < -0.3 is 11.5 Å². The molecule has 0 aromatic heterocycles. The van der Waals surface area contributed by atoms with Gasteiger partial charge in [0.15, 0.2) is 0 Å². The van der Waals surface area contributed by atoms with Crippen LogP contribution in [0.1, 0.15) is 0 Å². The summed E-state index contributed by atoms with van der Waals surface area (Å²) in [5.74, 6) is 0. The van der Waals surface area contributed by atoms with Crippen molar-refractivity contribution in [2.75, 3.05) is 0 Å². The van der Waals surface area contributed by atoms with E-state index in [1.807, 2.05) is 0 Å². The second-order valence-corrected chi connectivity index (χ2v) is 2.00. The Morgan fingerprint density at radius 3 is 1.43 bits per heavy atom. The molecule has 0 saturated carbocycles. The summed E-state index contributed by atoms with van der Waals surface area (Å²) >= 11 is 0.757. The van der Waals surface area contributed by atoms with E-state index in [1.165, 1.54) is 0 Å². The van der Waals surface area contributed by atoms with E-state index in [2.05, 4.69) is 31.7 Å². The van der Waals surface area contributed by atoms with Crippen molar-refractivity contribution in [3.8, 4) is 0 Å². The third-order valence-corrected chi connectivity index (χ3v) is 0. The topological polar surface area (TPSA) is 69.1 Å². The van der Waals surface area contributed by atoms with Crippen LogP contribution in [0.3, 0.4) is 0 Å². The van der Waals surface area contributed by atoms with Gasteiger partial charge in [0.05, 0.1) is 0 Å². The Morgan fingerprint density at radius 1 is 1.43 bits per heavy atom. The molecule has 0 aliphatic heterocycles. The van der Waals surface area contributed by atoms with Crippen molar-refractivity contribution < 1.29 is 17.9 Å². The maximum atomic E-state index is 9.00. The van der Waals surface area contributed by atoms with Crippen LogP contribution < -0.4 is 11.5 Å². The van der Waals surface area contributed by atoms with E-state index in [-0.39, 0.29) is 0 Å². The third kappa shape index (κ3) is 891. The molecular formula is CH4Cl2CuN2O. The molecule has 0 aromatic rings. The molecule has 0 radical (unpaired) electrons. The van der Waals surface area contributed by atoms with Gasteiger partial charge >= 0.3 is 39.4 Å². The molecule has 0 spiro atoms. The Labute approximate surface area is 55.9 Å². The van der Waals surface area contributed by atoms with E-state index in [9.17, 15) is 0 Å². The zero-order valence-electron chi connectivity index (χ0n) is 3.12. The van der Waals surface area contributed by atoms with E-state index in [0.29, 0.717) is 0 Å². The Balaban J connectivity index is 0. The van der Waals surface area contributed by atoms with Crippen molar-refractivity contribution in [1.82, 2.24) is 0 Å². The average molecular weight is 195 g/mol. The van der Waals surface area contributed by atoms with Crippen molar-refractivity contribution in [2.24, 2.45) is 11.5 Å². The van der Waals surface area contributed by atoms with Gasteiger partial charge in [0.2, 0.25) is 0 Å². The number of hydrogen-bond acceptors (Lipinski definition) is 1. The second-order valence-electron chi connectivity index (χ2n) is 0.445. The average Bonchev–Trinajstić information content (AvgIpc) is 1.33. The predicted octanol–water partition coefficient (Wildman–Crippen LogP) is 0.400. The Morgan fingerprint density at radius 2 is 1.43 bits per heavy atom. The van der Waals surface area contributed by atoms with Crippen LogP contribution in [0.25, 0.3) is 0 Å². The Bertz CT molecular complexity index is 47.0. The van der Waals surface area contributed by atoms with E-state index in [4.69, 9.17) is 4.79 Å². The number of carbonyl (C=O) groups excluding carboxylic acids is 1. The fraction of sp³-hybridized carbons (Fsp3) is 0. The quantitative estimate of drug-likeness (QED) is 0.539. The summed E-state index contributed by atoms with van der Waals surface area (Å²) in [6, 6.07) is -0.833. The summed E-state index contributed by atoms with van der Waals surface area (Å²) in [6.07, 6.45) is 0. The van der Waals surface area contributed by atoms with Crippen LogP contribution in [-0.2, 0) is 13.1 Å². The minimum absolute atomic E-state index is 0.757. The van der Waals surface area contributed by atoms with E-state index >= 15 is 0 Å². The number of urea groups is 1. The van der Waals surface area contributed by atoms with Crippen molar-refractivity contribution in [3.05, 3.63) is 0 Å². The van der Waals surface area contributed by atoms with E-state index < -0.39 is 6.03 Å². The first kappa shape index (κ1) is 10.4. The Kier molecular flexibility index (Phi) is 14.2. The van der Waals surface area contributed by atoms with Gasteiger partial charge in [-0.05, 0) is 0 Å². The molecule has 0 rings (SSSR count). The summed E-state index contributed by atoms with van der Waals surface area (Å²) in [5.41, 5.74) is 8.50. The SMILES string of the molecule is NC(N)=O.[Cl][Cu][Cl]. The predicted molar refractivity (Wildman–Crippen MR) is 25.5 cm³/mol. The van der Waals surface area contributed by atoms with Gasteiger partial charge in [-0.15, -0.1) is 0 Å². The first-order valence-electron chi connectivity index (χ1n) is 1.01. The molecule has 0 fully saturated rings. The van der Waals surface area contributed by atoms with Crippen LogP contribution in [-0.4, -0.2) is 6.03 Å². The molecule has 2 amide bonds. The molecule has 0 heterocycles. The molecule has 0 aromatic carbocycles. The fourth-order valence-electron chi connectivity index (χ4n) is 0. The molecule has 7 heavy (non-hydrogen) atoms. The van der Waals surface area contributed by atoms with Crippen molar-refractivity contribution in [2.45, 2.75) is 0 Å². The van der Waals surface area contributed by atoms with Crippen LogP contribution >= 0.6 is 20.2 Å². The molecule has 0 aliphatic rings. The molecule has 0 saturated heterocycles. The van der Waals surface area contributed by atoms with Gasteiger partial charge in [-0.25, -0.2) is 4.79 Å². The number of rotatable bonds is 0. The van der Waals surface area contributed by atoms with Crippen LogP contribution in [0.2, 0.25) is 0 Å². The van der Waals surface area contributed by atoms with Crippen molar-refractivity contribution >= 4 is 26.2 Å². The number of halogens is 2. The van der Waals surface area contributed by atoms with Gasteiger partial charge in [0.1, 0.15) is 0 Å². The third-order valence-electron chi connectivity index (χ3n) is 0. The van der Waals surface area contributed by atoms with E-state index in [0.717, 1.165) is 13.1 Å². The zero-order valence-corrected chi connectivity index (χ0v) is 5.57. The molecular weight excluding hydrogens is 190 g/mol. The van der Waals surface area contributed by atoms with Crippen LogP contribution in [0.4, 0.5) is 4.79 Å². The summed E-state index contributed by atoms with van der Waals surface area (Å²) in [6.45, 7) is 0. The monoisotopic (exact) mass is 193 g/mol. The van der Waals surface area contributed by atoms with Gasteiger partial charge in [0, 0.05) is 0 Å². The maximum absolute atomic E-state index is 9.00. The molecule has 0 atom stereocenters. The first-order valence-corrected chi connectivity index (χ1v) is 3.60. The van der Waals surface area contributed by atoms with Gasteiger partial charge in [-0.2, -0.15) is 0 Å². The van der Waals surface area contributed by atoms with Gasteiger partial charge in [-0.3, -0.25) is 0 Å². The van der Waals surface area contributed by atoms with Gasteiger partial charge in [-0.1, -0.05) is 0 Å². The van der Waals surface area contributed by atoms with Crippen LogP contribution in [0.15, 0.2) is 0 Å². The number of nitrogens with two attached hydrogens (primary N) is 2. The Hall–Kier alpha value is 0.369. The first-order chi connectivity index (χ1) is 3.15. The minimum atomic E-state index is -0.833. The second kappa shape index (κ2) is 9.62. The summed E-state index contributed by atoms with van der Waals surface area (Å²) in [7, 11) is 9.34. The van der Waals surface area contributed by atoms with Crippen LogP contribution in [0.5, 0.6) is 0 Å². The summed E-state index contributed by atoms with van der Waals surface area (Å²) in [5, 5.41) is 0. The molecule has 0 aliphatic carbocycles. The molecule has 6 heteroatoms. The van der Waals surface area contributed by atoms with Crippen molar-refractivity contribution in [1.29, 1.82) is 0 Å². The molecule has 49 valence electrons. The fourth-order valence-corrected chi connectivity index (χ4v) is 0.